The van der Waals surface area contributed by atoms with Crippen LogP contribution in [-0.4, -0.2) is 34.3 Å². The number of rotatable bonds is 6. The van der Waals surface area contributed by atoms with Crippen LogP contribution in [0.15, 0.2) is 66.5 Å². The van der Waals surface area contributed by atoms with Gasteiger partial charge in [-0.2, -0.15) is 0 Å². The Kier molecular flexibility index (Phi) is 6.11. The predicted octanol–water partition coefficient (Wildman–Crippen LogP) is 3.92. The second-order valence-electron chi connectivity index (χ2n) is 6.77. The Hall–Kier alpha value is -3.49. The number of hydrogen-bond donors (Lipinski definition) is 2. The molecule has 7 nitrogen and oxygen atoms in total. The zero-order valence-electron chi connectivity index (χ0n) is 16.2. The summed E-state index contributed by atoms with van der Waals surface area (Å²) in [4.78, 5) is 43.1. The number of thiazole rings is 1. The van der Waals surface area contributed by atoms with Crippen LogP contribution in [0.5, 0.6) is 0 Å². The molecule has 1 saturated heterocycles. The van der Waals surface area contributed by atoms with Gasteiger partial charge in [0, 0.05) is 22.5 Å². The lowest BCUT2D eigenvalue weighted by Crippen LogP contribution is -2.38. The standard InChI is InChI=1S/C22H17ClN4O3S/c23-16-8-6-15(7-9-16)10-17-12-24-21(31-17)26-19(28)13-27-20(29)18(25-22(27)30)11-14-4-2-1-3-5-14/h1-9,11-12H,10,13H2,(H,25,30)(H,24,26,28)/b18-11-. The van der Waals surface area contributed by atoms with Gasteiger partial charge in [0.1, 0.15) is 12.2 Å². The second kappa shape index (κ2) is 9.11. The van der Waals surface area contributed by atoms with Crippen LogP contribution in [0.3, 0.4) is 0 Å². The molecule has 156 valence electrons. The summed E-state index contributed by atoms with van der Waals surface area (Å²) < 4.78 is 0. The van der Waals surface area contributed by atoms with Crippen LogP contribution < -0.4 is 10.6 Å². The van der Waals surface area contributed by atoms with Crippen molar-refractivity contribution in [2.45, 2.75) is 6.42 Å². The quantitative estimate of drug-likeness (QED) is 0.438. The lowest BCUT2D eigenvalue weighted by molar-refractivity contribution is -0.127. The molecule has 4 rings (SSSR count). The van der Waals surface area contributed by atoms with Crippen molar-refractivity contribution in [1.29, 1.82) is 0 Å². The Balaban J connectivity index is 1.36. The SMILES string of the molecule is O=C(CN1C(=O)N/C(=C\c2ccccc2)C1=O)Nc1ncc(Cc2ccc(Cl)cc2)s1. The number of carbonyl (C=O) groups excluding carboxylic acids is 3. The first-order valence-electron chi connectivity index (χ1n) is 9.36. The minimum absolute atomic E-state index is 0.128. The summed E-state index contributed by atoms with van der Waals surface area (Å²) in [6.45, 7) is -0.400. The summed E-state index contributed by atoms with van der Waals surface area (Å²) in [5.74, 6) is -1.05. The number of nitrogens with one attached hydrogen (secondary N) is 2. The maximum absolute atomic E-state index is 12.5. The molecule has 1 aliphatic heterocycles. The summed E-state index contributed by atoms with van der Waals surface area (Å²) in [5.41, 5.74) is 1.97. The minimum atomic E-state index is -0.634. The normalized spacial score (nSPS) is 14.7. The predicted molar refractivity (Wildman–Crippen MR) is 120 cm³/mol. The third kappa shape index (κ3) is 5.17. The van der Waals surface area contributed by atoms with Crippen LogP contribution in [0.2, 0.25) is 5.02 Å². The van der Waals surface area contributed by atoms with E-state index in [9.17, 15) is 14.4 Å². The van der Waals surface area contributed by atoms with Crippen molar-refractivity contribution in [1.82, 2.24) is 15.2 Å². The topological polar surface area (TPSA) is 91.4 Å². The van der Waals surface area contributed by atoms with E-state index in [1.165, 1.54) is 11.3 Å². The number of amides is 4. The van der Waals surface area contributed by atoms with E-state index in [0.29, 0.717) is 16.6 Å². The van der Waals surface area contributed by atoms with Crippen LogP contribution in [-0.2, 0) is 16.0 Å². The number of hydrogen-bond acceptors (Lipinski definition) is 5. The van der Waals surface area contributed by atoms with Gasteiger partial charge in [-0.25, -0.2) is 14.7 Å². The van der Waals surface area contributed by atoms with E-state index in [4.69, 9.17) is 11.6 Å². The maximum Gasteiger partial charge on any atom is 0.329 e. The number of carbonyl (C=O) groups is 3. The molecule has 9 heteroatoms. The fraction of sp³-hybridized carbons (Fsp3) is 0.0909. The molecule has 1 aromatic heterocycles. The monoisotopic (exact) mass is 452 g/mol. The van der Waals surface area contributed by atoms with Gasteiger partial charge in [-0.1, -0.05) is 54.1 Å². The minimum Gasteiger partial charge on any atom is -0.303 e. The number of urea groups is 1. The molecule has 1 fully saturated rings. The molecule has 2 aromatic carbocycles. The van der Waals surface area contributed by atoms with Crippen LogP contribution >= 0.6 is 22.9 Å². The number of halogens is 1. The van der Waals surface area contributed by atoms with Gasteiger partial charge in [0.25, 0.3) is 5.91 Å². The van der Waals surface area contributed by atoms with Crippen molar-refractivity contribution >= 4 is 52.0 Å². The average molecular weight is 453 g/mol. The highest BCUT2D eigenvalue weighted by Gasteiger charge is 2.35. The second-order valence-corrected chi connectivity index (χ2v) is 8.32. The lowest BCUT2D eigenvalue weighted by atomic mass is 10.1. The number of benzene rings is 2. The highest BCUT2D eigenvalue weighted by atomic mass is 35.5. The molecule has 1 aliphatic rings. The number of aromatic nitrogens is 1. The van der Waals surface area contributed by atoms with E-state index in [0.717, 1.165) is 20.9 Å². The Bertz CT molecular complexity index is 1160. The average Bonchev–Trinajstić information content (AvgIpc) is 3.29. The van der Waals surface area contributed by atoms with Crippen molar-refractivity contribution in [2.75, 3.05) is 11.9 Å². The highest BCUT2D eigenvalue weighted by molar-refractivity contribution is 7.15. The molecule has 0 spiro atoms. The smallest absolute Gasteiger partial charge is 0.303 e. The first kappa shape index (κ1) is 20.8. The molecule has 0 unspecified atom stereocenters. The van der Waals surface area contributed by atoms with Crippen LogP contribution in [0.25, 0.3) is 6.08 Å². The molecule has 31 heavy (non-hydrogen) atoms. The molecular weight excluding hydrogens is 436 g/mol. The zero-order chi connectivity index (χ0) is 21.8. The van der Waals surface area contributed by atoms with E-state index in [2.05, 4.69) is 15.6 Å². The van der Waals surface area contributed by atoms with Gasteiger partial charge in [-0.15, -0.1) is 11.3 Å². The third-order valence-corrected chi connectivity index (χ3v) is 5.63. The molecule has 0 bridgehead atoms. The van der Waals surface area contributed by atoms with Crippen molar-refractivity contribution in [2.24, 2.45) is 0 Å². The first-order chi connectivity index (χ1) is 15.0. The van der Waals surface area contributed by atoms with Gasteiger partial charge < -0.3 is 10.6 Å². The fourth-order valence-electron chi connectivity index (χ4n) is 2.98. The van der Waals surface area contributed by atoms with E-state index in [1.807, 2.05) is 54.6 Å². The van der Waals surface area contributed by atoms with Gasteiger partial charge in [-0.05, 0) is 29.3 Å². The molecule has 4 amide bonds. The number of nitrogens with zero attached hydrogens (tertiary/aromatic N) is 2. The van der Waals surface area contributed by atoms with Crippen LogP contribution in [0.1, 0.15) is 16.0 Å². The zero-order valence-corrected chi connectivity index (χ0v) is 17.7. The molecule has 0 aliphatic carbocycles. The Morgan fingerprint density at radius 1 is 1.13 bits per heavy atom. The van der Waals surface area contributed by atoms with Crippen LogP contribution in [0, 0.1) is 0 Å². The molecule has 3 aromatic rings. The summed E-state index contributed by atoms with van der Waals surface area (Å²) in [6, 6.07) is 16.0. The van der Waals surface area contributed by atoms with E-state index < -0.39 is 24.4 Å². The Labute approximate surface area is 187 Å². The summed E-state index contributed by atoms with van der Waals surface area (Å²) >= 11 is 7.23. The summed E-state index contributed by atoms with van der Waals surface area (Å²) in [5, 5.41) is 6.22. The van der Waals surface area contributed by atoms with Crippen molar-refractivity contribution < 1.29 is 14.4 Å². The Morgan fingerprint density at radius 3 is 2.61 bits per heavy atom. The fourth-order valence-corrected chi connectivity index (χ4v) is 3.97. The summed E-state index contributed by atoms with van der Waals surface area (Å²) in [7, 11) is 0. The molecule has 0 radical (unpaired) electrons. The van der Waals surface area contributed by atoms with Crippen molar-refractivity contribution in [3.8, 4) is 0 Å². The van der Waals surface area contributed by atoms with Gasteiger partial charge in [0.15, 0.2) is 5.13 Å². The van der Waals surface area contributed by atoms with E-state index in [-0.39, 0.29) is 5.70 Å². The third-order valence-electron chi connectivity index (χ3n) is 4.47. The molecule has 0 atom stereocenters. The number of imide groups is 1. The number of anilines is 1. The van der Waals surface area contributed by atoms with Gasteiger partial charge >= 0.3 is 6.03 Å². The van der Waals surface area contributed by atoms with Crippen LogP contribution in [0.4, 0.5) is 9.93 Å². The van der Waals surface area contributed by atoms with Crippen molar-refractivity contribution in [3.05, 3.63) is 87.5 Å². The highest BCUT2D eigenvalue weighted by Crippen LogP contribution is 2.22. The first-order valence-corrected chi connectivity index (χ1v) is 10.6. The van der Waals surface area contributed by atoms with Gasteiger partial charge in [-0.3, -0.25) is 9.59 Å². The lowest BCUT2D eigenvalue weighted by Gasteiger charge is -2.10. The Morgan fingerprint density at radius 2 is 1.87 bits per heavy atom. The maximum atomic E-state index is 12.5. The molecular formula is C22H17ClN4O3S. The van der Waals surface area contributed by atoms with E-state index in [1.54, 1.807) is 12.3 Å². The van der Waals surface area contributed by atoms with Gasteiger partial charge in [0.2, 0.25) is 5.91 Å². The molecule has 2 heterocycles. The van der Waals surface area contributed by atoms with Gasteiger partial charge in [0.05, 0.1) is 0 Å². The summed E-state index contributed by atoms with van der Waals surface area (Å²) in [6.07, 6.45) is 3.91. The molecule has 2 N–H and O–H groups in total. The van der Waals surface area contributed by atoms with E-state index >= 15 is 0 Å². The van der Waals surface area contributed by atoms with Crippen molar-refractivity contribution in [3.63, 3.8) is 0 Å². The molecule has 0 saturated carbocycles. The largest absolute Gasteiger partial charge is 0.329 e.